The van der Waals surface area contributed by atoms with Crippen LogP contribution in [0.25, 0.3) is 0 Å². The lowest BCUT2D eigenvalue weighted by Gasteiger charge is -1.95. The highest BCUT2D eigenvalue weighted by molar-refractivity contribution is 6.99. The summed E-state index contributed by atoms with van der Waals surface area (Å²) in [6.45, 7) is 0. The van der Waals surface area contributed by atoms with Gasteiger partial charge in [0.25, 0.3) is 0 Å². The quantitative estimate of drug-likeness (QED) is 0.764. The number of nitrogens with zero attached hydrogens (tertiary/aromatic N) is 3. The monoisotopic (exact) mass is 211 g/mol. The number of rotatable bonds is 2. The molecule has 3 nitrogen and oxygen atoms in total. The molecule has 0 spiro atoms. The standard InChI is InChI=1S/C8H6ClN3S/c9-8-7(11-13-12-8)5-6-1-3-10-4-2-6/h1-4H,5H2. The first kappa shape index (κ1) is 8.59. The fourth-order valence-electron chi connectivity index (χ4n) is 0.995. The zero-order valence-electron chi connectivity index (χ0n) is 6.64. The van der Waals surface area contributed by atoms with Gasteiger partial charge in [0, 0.05) is 18.8 Å². The van der Waals surface area contributed by atoms with Gasteiger partial charge in [-0.25, -0.2) is 0 Å². The van der Waals surface area contributed by atoms with Crippen LogP contribution in [0.5, 0.6) is 0 Å². The van der Waals surface area contributed by atoms with Gasteiger partial charge in [-0.15, -0.1) is 0 Å². The summed E-state index contributed by atoms with van der Waals surface area (Å²) in [5, 5.41) is 0.502. The molecule has 5 heteroatoms. The normalized spacial score (nSPS) is 10.2. The van der Waals surface area contributed by atoms with Gasteiger partial charge in [0.15, 0.2) is 5.15 Å². The van der Waals surface area contributed by atoms with Crippen LogP contribution >= 0.6 is 23.3 Å². The largest absolute Gasteiger partial charge is 0.265 e. The first-order valence-electron chi connectivity index (χ1n) is 3.72. The minimum absolute atomic E-state index is 0.502. The molecule has 2 rings (SSSR count). The molecule has 0 aliphatic heterocycles. The van der Waals surface area contributed by atoms with Crippen molar-refractivity contribution < 1.29 is 0 Å². The highest BCUT2D eigenvalue weighted by atomic mass is 35.5. The first-order valence-corrected chi connectivity index (χ1v) is 4.83. The smallest absolute Gasteiger partial charge is 0.166 e. The predicted molar refractivity (Wildman–Crippen MR) is 52.0 cm³/mol. The van der Waals surface area contributed by atoms with Crippen LogP contribution in [0.1, 0.15) is 11.3 Å². The molecule has 0 fully saturated rings. The molecule has 0 saturated carbocycles. The van der Waals surface area contributed by atoms with Crippen LogP contribution < -0.4 is 0 Å². The molecule has 0 atom stereocenters. The molecule has 0 amide bonds. The first-order chi connectivity index (χ1) is 6.36. The van der Waals surface area contributed by atoms with Crippen LogP contribution in [0.4, 0.5) is 0 Å². The number of hydrogen-bond acceptors (Lipinski definition) is 4. The van der Waals surface area contributed by atoms with Crippen molar-refractivity contribution >= 4 is 23.3 Å². The van der Waals surface area contributed by atoms with Crippen molar-refractivity contribution in [1.82, 2.24) is 13.7 Å². The number of hydrogen-bond donors (Lipinski definition) is 0. The van der Waals surface area contributed by atoms with Crippen LogP contribution in [0.15, 0.2) is 24.5 Å². The lowest BCUT2D eigenvalue weighted by atomic mass is 10.2. The lowest BCUT2D eigenvalue weighted by molar-refractivity contribution is 1.11. The minimum atomic E-state index is 0.502. The van der Waals surface area contributed by atoms with E-state index in [4.69, 9.17) is 11.6 Å². The maximum atomic E-state index is 5.81. The molecule has 0 N–H and O–H groups in total. The molecule has 0 aliphatic rings. The Bertz CT molecular complexity index is 387. The third kappa shape index (κ3) is 2.02. The second-order valence-corrected chi connectivity index (χ2v) is 3.42. The Kier molecular flexibility index (Phi) is 2.52. The highest BCUT2D eigenvalue weighted by Crippen LogP contribution is 2.15. The van der Waals surface area contributed by atoms with E-state index in [-0.39, 0.29) is 0 Å². The maximum absolute atomic E-state index is 5.81. The lowest BCUT2D eigenvalue weighted by Crippen LogP contribution is -1.88. The van der Waals surface area contributed by atoms with Crippen molar-refractivity contribution in [2.75, 3.05) is 0 Å². The fraction of sp³-hybridized carbons (Fsp3) is 0.125. The number of pyridine rings is 1. The summed E-state index contributed by atoms with van der Waals surface area (Å²) < 4.78 is 7.98. The molecular weight excluding hydrogens is 206 g/mol. The van der Waals surface area contributed by atoms with Crippen molar-refractivity contribution in [3.05, 3.63) is 40.9 Å². The summed E-state index contributed by atoms with van der Waals surface area (Å²) in [4.78, 5) is 3.93. The fourth-order valence-corrected chi connectivity index (χ4v) is 1.71. The van der Waals surface area contributed by atoms with Crippen LogP contribution in [0, 0.1) is 0 Å². The van der Waals surface area contributed by atoms with Crippen LogP contribution in [0.2, 0.25) is 5.15 Å². The van der Waals surface area contributed by atoms with Crippen molar-refractivity contribution in [2.45, 2.75) is 6.42 Å². The van der Waals surface area contributed by atoms with Crippen molar-refractivity contribution in [3.8, 4) is 0 Å². The van der Waals surface area contributed by atoms with E-state index in [1.54, 1.807) is 12.4 Å². The van der Waals surface area contributed by atoms with E-state index < -0.39 is 0 Å². The molecule has 66 valence electrons. The SMILES string of the molecule is Clc1nsnc1Cc1ccncc1. The Morgan fingerprint density at radius 1 is 1.23 bits per heavy atom. The van der Waals surface area contributed by atoms with Gasteiger partial charge in [-0.3, -0.25) is 4.98 Å². The molecule has 0 radical (unpaired) electrons. The summed E-state index contributed by atoms with van der Waals surface area (Å²) >= 11 is 6.95. The van der Waals surface area contributed by atoms with E-state index in [2.05, 4.69) is 13.7 Å². The van der Waals surface area contributed by atoms with E-state index in [0.717, 1.165) is 29.4 Å². The van der Waals surface area contributed by atoms with E-state index >= 15 is 0 Å². The summed E-state index contributed by atoms with van der Waals surface area (Å²) in [6.07, 6.45) is 4.23. The molecule has 0 saturated heterocycles. The maximum Gasteiger partial charge on any atom is 0.166 e. The summed E-state index contributed by atoms with van der Waals surface area (Å²) in [5.74, 6) is 0. The minimum Gasteiger partial charge on any atom is -0.265 e. The second kappa shape index (κ2) is 3.81. The molecule has 0 bridgehead atoms. The number of halogens is 1. The van der Waals surface area contributed by atoms with Gasteiger partial charge < -0.3 is 0 Å². The molecule has 0 unspecified atom stereocenters. The average Bonchev–Trinajstić information content (AvgIpc) is 2.54. The third-order valence-corrected chi connectivity index (χ3v) is 2.60. The topological polar surface area (TPSA) is 38.7 Å². The van der Waals surface area contributed by atoms with Gasteiger partial charge in [0.2, 0.25) is 0 Å². The summed E-state index contributed by atoms with van der Waals surface area (Å²) in [5.41, 5.74) is 1.97. The van der Waals surface area contributed by atoms with Gasteiger partial charge in [-0.1, -0.05) is 11.6 Å². The zero-order valence-corrected chi connectivity index (χ0v) is 8.22. The summed E-state index contributed by atoms with van der Waals surface area (Å²) in [6, 6.07) is 3.88. The number of aromatic nitrogens is 3. The Morgan fingerprint density at radius 2 is 2.00 bits per heavy atom. The van der Waals surface area contributed by atoms with Gasteiger partial charge in [0.1, 0.15) is 0 Å². The Morgan fingerprint density at radius 3 is 2.62 bits per heavy atom. The Balaban J connectivity index is 2.20. The predicted octanol–water partition coefficient (Wildman–Crippen LogP) is 2.18. The van der Waals surface area contributed by atoms with Crippen LogP contribution in [0.3, 0.4) is 0 Å². The van der Waals surface area contributed by atoms with Crippen molar-refractivity contribution in [3.63, 3.8) is 0 Å². The molecule has 2 aromatic heterocycles. The Labute approximate surface area is 84.7 Å². The van der Waals surface area contributed by atoms with E-state index in [1.165, 1.54) is 0 Å². The molecule has 0 aromatic carbocycles. The average molecular weight is 212 g/mol. The highest BCUT2D eigenvalue weighted by Gasteiger charge is 2.05. The van der Waals surface area contributed by atoms with E-state index in [0.29, 0.717) is 5.15 Å². The van der Waals surface area contributed by atoms with Gasteiger partial charge in [-0.2, -0.15) is 8.75 Å². The zero-order chi connectivity index (χ0) is 9.10. The van der Waals surface area contributed by atoms with Crippen LogP contribution in [-0.2, 0) is 6.42 Å². The van der Waals surface area contributed by atoms with Gasteiger partial charge in [0.05, 0.1) is 17.4 Å². The molecule has 13 heavy (non-hydrogen) atoms. The van der Waals surface area contributed by atoms with Crippen molar-refractivity contribution in [1.29, 1.82) is 0 Å². The van der Waals surface area contributed by atoms with Crippen molar-refractivity contribution in [2.24, 2.45) is 0 Å². The third-order valence-electron chi connectivity index (χ3n) is 1.63. The molecule has 2 aromatic rings. The van der Waals surface area contributed by atoms with Gasteiger partial charge in [-0.05, 0) is 17.7 Å². The van der Waals surface area contributed by atoms with Crippen LogP contribution in [-0.4, -0.2) is 13.7 Å². The van der Waals surface area contributed by atoms with E-state index in [1.807, 2.05) is 12.1 Å². The van der Waals surface area contributed by atoms with E-state index in [9.17, 15) is 0 Å². The Hall–Kier alpha value is -1.00. The second-order valence-electron chi connectivity index (χ2n) is 2.53. The van der Waals surface area contributed by atoms with Gasteiger partial charge >= 0.3 is 0 Å². The molecular formula is C8H6ClN3S. The molecule has 2 heterocycles. The summed E-state index contributed by atoms with van der Waals surface area (Å²) in [7, 11) is 0. The molecule has 0 aliphatic carbocycles.